The molecule has 2 aliphatic rings. The fourth-order valence-electron chi connectivity index (χ4n) is 7.03. The van der Waals surface area contributed by atoms with Crippen molar-refractivity contribution in [3.05, 3.63) is 177 Å². The van der Waals surface area contributed by atoms with Crippen molar-refractivity contribution < 1.29 is 19.2 Å². The van der Waals surface area contributed by atoms with Gasteiger partial charge in [-0.2, -0.15) is 0 Å². The Bertz CT molecular complexity index is 2260. The Morgan fingerprint density at radius 3 is 0.980 bits per heavy atom. The summed E-state index contributed by atoms with van der Waals surface area (Å²) in [5, 5.41) is 12.9. The van der Waals surface area contributed by atoms with E-state index in [-0.39, 0.29) is 23.1 Å². The zero-order valence-electron chi connectivity index (χ0n) is 27.9. The molecule has 0 aliphatic heterocycles. The molecule has 0 atom stereocenters. The monoisotopic (exact) mass is 668 g/mol. The van der Waals surface area contributed by atoms with Crippen LogP contribution >= 0.6 is 0 Å². The minimum absolute atomic E-state index is 0.176. The van der Waals surface area contributed by atoms with Crippen LogP contribution in [-0.4, -0.2) is 37.2 Å². The number of ketones is 4. The van der Waals surface area contributed by atoms with Gasteiger partial charge in [0.2, 0.25) is 0 Å². The Hall–Kier alpha value is -6.80. The second-order valence-electron chi connectivity index (χ2n) is 12.5. The Labute approximate surface area is 294 Å². The molecule has 0 heterocycles. The maximum atomic E-state index is 13.6. The number of benzene rings is 6. The predicted molar refractivity (Wildman–Crippen MR) is 201 cm³/mol. The SMILES string of the molecule is CNc1ccc(Nc2ccc(Cc3ccc(Nc4ccc(NC)c5c4C(=O)c4ccccc4C5=O)cc3)cc2)c2c1C(=O)c1ccccc1C2=O. The lowest BCUT2D eigenvalue weighted by molar-refractivity contribution is 0.0980. The average molecular weight is 669 g/mol. The summed E-state index contributed by atoms with van der Waals surface area (Å²) < 4.78 is 0. The van der Waals surface area contributed by atoms with Gasteiger partial charge >= 0.3 is 0 Å². The number of carbonyl (C=O) groups excluding carboxylic acids is 4. The summed E-state index contributed by atoms with van der Waals surface area (Å²) in [5.74, 6) is -0.723. The molecule has 0 saturated heterocycles. The molecule has 248 valence electrons. The largest absolute Gasteiger partial charge is 0.388 e. The summed E-state index contributed by atoms with van der Waals surface area (Å²) in [7, 11) is 3.48. The first-order valence-corrected chi connectivity index (χ1v) is 16.6. The van der Waals surface area contributed by atoms with Gasteiger partial charge in [0.1, 0.15) is 0 Å². The fraction of sp³-hybridized carbons (Fsp3) is 0.0698. The highest BCUT2D eigenvalue weighted by Gasteiger charge is 2.35. The number of fused-ring (bicyclic) bond motifs is 4. The highest BCUT2D eigenvalue weighted by Crippen LogP contribution is 2.39. The molecule has 6 aromatic carbocycles. The molecule has 0 radical (unpaired) electrons. The Morgan fingerprint density at radius 1 is 0.373 bits per heavy atom. The van der Waals surface area contributed by atoms with E-state index < -0.39 is 0 Å². The Kier molecular flexibility index (Phi) is 7.76. The van der Waals surface area contributed by atoms with Crippen molar-refractivity contribution in [2.24, 2.45) is 0 Å². The van der Waals surface area contributed by atoms with E-state index in [4.69, 9.17) is 0 Å². The Balaban J connectivity index is 0.994. The topological polar surface area (TPSA) is 116 Å². The number of carbonyl (C=O) groups is 4. The van der Waals surface area contributed by atoms with Crippen LogP contribution in [0.4, 0.5) is 34.1 Å². The highest BCUT2D eigenvalue weighted by molar-refractivity contribution is 6.33. The summed E-state index contributed by atoms with van der Waals surface area (Å²) >= 11 is 0. The molecule has 2 aliphatic carbocycles. The van der Waals surface area contributed by atoms with Gasteiger partial charge in [0.05, 0.1) is 33.6 Å². The van der Waals surface area contributed by atoms with E-state index in [0.717, 1.165) is 22.5 Å². The molecule has 0 bridgehead atoms. The molecule has 0 saturated carbocycles. The molecule has 0 fully saturated rings. The van der Waals surface area contributed by atoms with Crippen molar-refractivity contribution in [3.63, 3.8) is 0 Å². The number of nitrogens with one attached hydrogen (secondary N) is 4. The van der Waals surface area contributed by atoms with Gasteiger partial charge in [-0.25, -0.2) is 0 Å². The third kappa shape index (κ3) is 5.34. The van der Waals surface area contributed by atoms with Crippen LogP contribution in [0.15, 0.2) is 121 Å². The van der Waals surface area contributed by atoms with Crippen LogP contribution in [0.5, 0.6) is 0 Å². The first-order chi connectivity index (χ1) is 24.9. The first-order valence-electron chi connectivity index (χ1n) is 16.6. The van der Waals surface area contributed by atoms with Gasteiger partial charge in [-0.05, 0) is 66.1 Å². The summed E-state index contributed by atoms with van der Waals surface area (Å²) in [6.07, 6.45) is 0.687. The molecular formula is C43H32N4O4. The Morgan fingerprint density at radius 2 is 0.667 bits per heavy atom. The van der Waals surface area contributed by atoms with Crippen molar-refractivity contribution in [3.8, 4) is 0 Å². The molecule has 4 N–H and O–H groups in total. The van der Waals surface area contributed by atoms with Crippen LogP contribution < -0.4 is 21.3 Å². The second-order valence-corrected chi connectivity index (χ2v) is 12.5. The predicted octanol–water partition coefficient (Wildman–Crippen LogP) is 8.40. The quantitative estimate of drug-likeness (QED) is 0.128. The molecule has 0 amide bonds. The normalized spacial score (nSPS) is 12.7. The molecule has 51 heavy (non-hydrogen) atoms. The van der Waals surface area contributed by atoms with E-state index in [1.54, 1.807) is 62.6 Å². The third-order valence-corrected chi connectivity index (χ3v) is 9.56. The summed E-state index contributed by atoms with van der Waals surface area (Å²) in [5.41, 5.74) is 9.25. The molecule has 8 nitrogen and oxygen atoms in total. The third-order valence-electron chi connectivity index (χ3n) is 9.56. The molecular weight excluding hydrogens is 636 g/mol. The molecule has 0 unspecified atom stereocenters. The van der Waals surface area contributed by atoms with Gasteiger partial charge in [0, 0.05) is 59.1 Å². The van der Waals surface area contributed by atoms with Gasteiger partial charge in [0.25, 0.3) is 0 Å². The number of hydrogen-bond donors (Lipinski definition) is 4. The van der Waals surface area contributed by atoms with Gasteiger partial charge in [0.15, 0.2) is 23.1 Å². The molecule has 0 aromatic heterocycles. The molecule has 8 heteroatoms. The lowest BCUT2D eigenvalue weighted by atomic mass is 9.82. The lowest BCUT2D eigenvalue weighted by Gasteiger charge is -2.23. The van der Waals surface area contributed by atoms with Crippen molar-refractivity contribution >= 4 is 57.3 Å². The number of anilines is 6. The van der Waals surface area contributed by atoms with Crippen LogP contribution in [0.3, 0.4) is 0 Å². The van der Waals surface area contributed by atoms with Gasteiger partial charge in [-0.15, -0.1) is 0 Å². The molecule has 0 spiro atoms. The zero-order valence-corrected chi connectivity index (χ0v) is 27.9. The van der Waals surface area contributed by atoms with Gasteiger partial charge in [-0.3, -0.25) is 19.2 Å². The molecule has 8 rings (SSSR count). The summed E-state index contributed by atoms with van der Waals surface area (Å²) in [4.78, 5) is 54.2. The van der Waals surface area contributed by atoms with E-state index in [0.29, 0.717) is 73.7 Å². The second kappa shape index (κ2) is 12.6. The van der Waals surface area contributed by atoms with E-state index >= 15 is 0 Å². The molecule has 6 aromatic rings. The first kappa shape index (κ1) is 31.5. The van der Waals surface area contributed by atoms with Crippen LogP contribution in [-0.2, 0) is 6.42 Å². The van der Waals surface area contributed by atoms with E-state index in [1.807, 2.05) is 72.8 Å². The minimum Gasteiger partial charge on any atom is -0.388 e. The summed E-state index contributed by atoms with van der Waals surface area (Å²) in [6.45, 7) is 0. The fourth-order valence-corrected chi connectivity index (χ4v) is 7.03. The van der Waals surface area contributed by atoms with Gasteiger partial charge in [-0.1, -0.05) is 72.8 Å². The highest BCUT2D eigenvalue weighted by atomic mass is 16.1. The van der Waals surface area contributed by atoms with E-state index in [1.165, 1.54) is 0 Å². The number of hydrogen-bond acceptors (Lipinski definition) is 8. The number of rotatable bonds is 8. The van der Waals surface area contributed by atoms with Crippen molar-refractivity contribution in [2.45, 2.75) is 6.42 Å². The smallest absolute Gasteiger partial charge is 0.196 e. The van der Waals surface area contributed by atoms with Crippen LogP contribution in [0.2, 0.25) is 0 Å². The summed E-state index contributed by atoms with van der Waals surface area (Å²) in [6, 6.07) is 37.1. The van der Waals surface area contributed by atoms with Crippen molar-refractivity contribution in [2.75, 3.05) is 35.4 Å². The van der Waals surface area contributed by atoms with Gasteiger partial charge < -0.3 is 21.3 Å². The maximum Gasteiger partial charge on any atom is 0.196 e. The standard InChI is InChI=1S/C43H32N4O4/c1-44-32-19-21-34(38-36(32)40(48)28-7-3-5-9-30(28)42(38)50)46-26-15-11-24(12-16-26)23-25-13-17-27(18-14-25)47-35-22-20-33(45-2)37-39(35)43(51)31-10-6-4-8-29(31)41(37)49/h3-22,44-47H,23H2,1-2H3. The van der Waals surface area contributed by atoms with Crippen LogP contribution in [0.25, 0.3) is 0 Å². The van der Waals surface area contributed by atoms with E-state index in [2.05, 4.69) is 21.3 Å². The lowest BCUT2D eigenvalue weighted by Crippen LogP contribution is -2.23. The zero-order chi connectivity index (χ0) is 35.2. The van der Waals surface area contributed by atoms with Crippen LogP contribution in [0.1, 0.15) is 74.8 Å². The van der Waals surface area contributed by atoms with E-state index in [9.17, 15) is 19.2 Å². The maximum absolute atomic E-state index is 13.6. The van der Waals surface area contributed by atoms with Crippen LogP contribution in [0, 0.1) is 0 Å². The minimum atomic E-state index is -0.186. The average Bonchev–Trinajstić information content (AvgIpc) is 3.17. The van der Waals surface area contributed by atoms with Crippen molar-refractivity contribution in [1.82, 2.24) is 0 Å². The van der Waals surface area contributed by atoms with Crippen molar-refractivity contribution in [1.29, 1.82) is 0 Å².